The van der Waals surface area contributed by atoms with E-state index in [0.717, 1.165) is 5.56 Å². The highest BCUT2D eigenvalue weighted by atomic mass is 16.3. The molecule has 2 nitrogen and oxygen atoms in total. The highest BCUT2D eigenvalue weighted by Crippen LogP contribution is 2.23. The molecule has 0 aliphatic heterocycles. The maximum Gasteiger partial charge on any atom is 0.0652 e. The smallest absolute Gasteiger partial charge is 0.0652 e. The van der Waals surface area contributed by atoms with Gasteiger partial charge in [0.1, 0.15) is 0 Å². The minimum Gasteiger partial charge on any atom is -0.394 e. The fourth-order valence-corrected chi connectivity index (χ4v) is 1.73. The monoisotopic (exact) mass is 193 g/mol. The molecule has 14 heavy (non-hydrogen) atoms. The number of rotatable bonds is 3. The van der Waals surface area contributed by atoms with E-state index in [9.17, 15) is 5.11 Å². The molecule has 0 heterocycles. The number of nitrogens with one attached hydrogen (secondary N) is 1. The summed E-state index contributed by atoms with van der Waals surface area (Å²) >= 11 is 0. The van der Waals surface area contributed by atoms with Crippen molar-refractivity contribution in [1.82, 2.24) is 5.32 Å². The molecule has 0 aliphatic rings. The van der Waals surface area contributed by atoms with Crippen molar-refractivity contribution in [2.45, 2.75) is 26.3 Å². The fraction of sp³-hybridized carbons (Fsp3) is 0.500. The number of aliphatic hydroxyl groups is 1. The highest BCUT2D eigenvalue weighted by molar-refractivity contribution is 5.35. The molecule has 2 heteroatoms. The first-order valence-corrected chi connectivity index (χ1v) is 4.91. The number of aryl methyl sites for hydroxylation is 2. The third-order valence-electron chi connectivity index (χ3n) is 2.84. The zero-order valence-corrected chi connectivity index (χ0v) is 9.39. The van der Waals surface area contributed by atoms with Gasteiger partial charge in [0.15, 0.2) is 0 Å². The molecule has 0 aromatic heterocycles. The molecule has 0 radical (unpaired) electrons. The fourth-order valence-electron chi connectivity index (χ4n) is 1.73. The average molecular weight is 193 g/mol. The maximum atomic E-state index is 9.37. The number of likely N-dealkylation sites (N-methyl/N-ethyl adjacent to an activating group) is 1. The molecular weight excluding hydrogens is 174 g/mol. The Morgan fingerprint density at radius 1 is 1.36 bits per heavy atom. The summed E-state index contributed by atoms with van der Waals surface area (Å²) in [6.45, 7) is 6.26. The molecule has 0 spiro atoms. The van der Waals surface area contributed by atoms with Crippen LogP contribution in [0.5, 0.6) is 0 Å². The van der Waals surface area contributed by atoms with Crippen LogP contribution in [0.4, 0.5) is 0 Å². The predicted octanol–water partition coefficient (Wildman–Crippen LogP) is 1.73. The van der Waals surface area contributed by atoms with Gasteiger partial charge in [-0.15, -0.1) is 0 Å². The SMILES string of the molecule is CNC(C)(CO)c1ccc(C)cc1C. The summed E-state index contributed by atoms with van der Waals surface area (Å²) < 4.78 is 0. The van der Waals surface area contributed by atoms with Crippen LogP contribution in [-0.4, -0.2) is 18.8 Å². The molecular formula is C12H19NO. The van der Waals surface area contributed by atoms with Gasteiger partial charge in [0, 0.05) is 0 Å². The number of hydrogen-bond acceptors (Lipinski definition) is 2. The van der Waals surface area contributed by atoms with Crippen LogP contribution in [0.2, 0.25) is 0 Å². The van der Waals surface area contributed by atoms with E-state index in [4.69, 9.17) is 0 Å². The summed E-state index contributed by atoms with van der Waals surface area (Å²) in [7, 11) is 1.87. The molecule has 78 valence electrons. The van der Waals surface area contributed by atoms with Crippen molar-refractivity contribution >= 4 is 0 Å². The molecule has 0 saturated heterocycles. The van der Waals surface area contributed by atoms with E-state index in [1.807, 2.05) is 14.0 Å². The summed E-state index contributed by atoms with van der Waals surface area (Å²) in [6, 6.07) is 6.30. The predicted molar refractivity (Wildman–Crippen MR) is 59.4 cm³/mol. The lowest BCUT2D eigenvalue weighted by Crippen LogP contribution is -2.40. The van der Waals surface area contributed by atoms with Gasteiger partial charge in [-0.25, -0.2) is 0 Å². The summed E-state index contributed by atoms with van der Waals surface area (Å²) in [5, 5.41) is 12.5. The third-order valence-corrected chi connectivity index (χ3v) is 2.84. The number of benzene rings is 1. The van der Waals surface area contributed by atoms with Crippen LogP contribution >= 0.6 is 0 Å². The van der Waals surface area contributed by atoms with E-state index < -0.39 is 0 Å². The second kappa shape index (κ2) is 4.11. The van der Waals surface area contributed by atoms with Crippen molar-refractivity contribution in [3.63, 3.8) is 0 Å². The van der Waals surface area contributed by atoms with Gasteiger partial charge in [-0.2, -0.15) is 0 Å². The highest BCUT2D eigenvalue weighted by Gasteiger charge is 2.24. The quantitative estimate of drug-likeness (QED) is 0.766. The Balaban J connectivity index is 3.17. The van der Waals surface area contributed by atoms with Crippen molar-refractivity contribution in [1.29, 1.82) is 0 Å². The Labute approximate surface area is 86.0 Å². The van der Waals surface area contributed by atoms with Gasteiger partial charge in [-0.3, -0.25) is 0 Å². The van der Waals surface area contributed by atoms with E-state index in [1.54, 1.807) is 0 Å². The second-order valence-electron chi connectivity index (χ2n) is 4.06. The Bertz CT molecular complexity index is 316. The molecule has 1 rings (SSSR count). The maximum absolute atomic E-state index is 9.37. The molecule has 1 atom stereocenters. The standard InChI is InChI=1S/C12H19NO/c1-9-5-6-11(10(2)7-9)12(3,8-14)13-4/h5-7,13-14H,8H2,1-4H3. The summed E-state index contributed by atoms with van der Waals surface area (Å²) in [6.07, 6.45) is 0. The molecule has 0 aliphatic carbocycles. The topological polar surface area (TPSA) is 32.3 Å². The Kier molecular flexibility index (Phi) is 3.29. The zero-order valence-electron chi connectivity index (χ0n) is 9.39. The largest absolute Gasteiger partial charge is 0.394 e. The van der Waals surface area contributed by atoms with Crippen LogP contribution in [0.3, 0.4) is 0 Å². The summed E-state index contributed by atoms with van der Waals surface area (Å²) in [5.74, 6) is 0. The summed E-state index contributed by atoms with van der Waals surface area (Å²) in [4.78, 5) is 0. The Morgan fingerprint density at radius 2 is 2.00 bits per heavy atom. The van der Waals surface area contributed by atoms with Crippen molar-refractivity contribution in [2.75, 3.05) is 13.7 Å². The van der Waals surface area contributed by atoms with Gasteiger partial charge in [0.25, 0.3) is 0 Å². The molecule has 0 fully saturated rings. The minimum atomic E-state index is -0.336. The minimum absolute atomic E-state index is 0.105. The first kappa shape index (κ1) is 11.2. The van der Waals surface area contributed by atoms with Crippen LogP contribution in [-0.2, 0) is 5.54 Å². The normalized spacial score (nSPS) is 15.2. The van der Waals surface area contributed by atoms with Crippen LogP contribution in [0.15, 0.2) is 18.2 Å². The van der Waals surface area contributed by atoms with Crippen molar-refractivity contribution < 1.29 is 5.11 Å². The lowest BCUT2D eigenvalue weighted by Gasteiger charge is -2.29. The van der Waals surface area contributed by atoms with Gasteiger partial charge >= 0.3 is 0 Å². The van der Waals surface area contributed by atoms with Crippen LogP contribution in [0, 0.1) is 13.8 Å². The Morgan fingerprint density at radius 3 is 2.43 bits per heavy atom. The van der Waals surface area contributed by atoms with E-state index in [0.29, 0.717) is 0 Å². The first-order valence-electron chi connectivity index (χ1n) is 4.91. The molecule has 1 aromatic rings. The van der Waals surface area contributed by atoms with Gasteiger partial charge in [0.2, 0.25) is 0 Å². The molecule has 0 amide bonds. The van der Waals surface area contributed by atoms with E-state index in [2.05, 4.69) is 37.4 Å². The van der Waals surface area contributed by atoms with Gasteiger partial charge in [0.05, 0.1) is 12.1 Å². The van der Waals surface area contributed by atoms with Crippen LogP contribution in [0.1, 0.15) is 23.6 Å². The number of aliphatic hydroxyl groups excluding tert-OH is 1. The van der Waals surface area contributed by atoms with E-state index in [-0.39, 0.29) is 12.1 Å². The molecule has 1 unspecified atom stereocenters. The van der Waals surface area contributed by atoms with E-state index >= 15 is 0 Å². The molecule has 0 saturated carbocycles. The molecule has 2 N–H and O–H groups in total. The van der Waals surface area contributed by atoms with Crippen LogP contribution < -0.4 is 5.32 Å². The third kappa shape index (κ3) is 1.97. The second-order valence-corrected chi connectivity index (χ2v) is 4.06. The molecule has 0 bridgehead atoms. The van der Waals surface area contributed by atoms with Crippen LogP contribution in [0.25, 0.3) is 0 Å². The first-order chi connectivity index (χ1) is 6.53. The lowest BCUT2D eigenvalue weighted by atomic mass is 9.88. The average Bonchev–Trinajstić information content (AvgIpc) is 2.17. The van der Waals surface area contributed by atoms with E-state index in [1.165, 1.54) is 11.1 Å². The lowest BCUT2D eigenvalue weighted by molar-refractivity contribution is 0.183. The van der Waals surface area contributed by atoms with Crippen molar-refractivity contribution in [2.24, 2.45) is 0 Å². The molecule has 1 aromatic carbocycles. The van der Waals surface area contributed by atoms with Gasteiger partial charge in [-0.05, 0) is 38.9 Å². The van der Waals surface area contributed by atoms with Crippen molar-refractivity contribution in [3.8, 4) is 0 Å². The van der Waals surface area contributed by atoms with Gasteiger partial charge < -0.3 is 10.4 Å². The number of hydrogen-bond donors (Lipinski definition) is 2. The Hall–Kier alpha value is -0.860. The van der Waals surface area contributed by atoms with Crippen molar-refractivity contribution in [3.05, 3.63) is 34.9 Å². The summed E-state index contributed by atoms with van der Waals surface area (Å²) in [5.41, 5.74) is 3.30. The zero-order chi connectivity index (χ0) is 10.8. The van der Waals surface area contributed by atoms with Gasteiger partial charge in [-0.1, -0.05) is 23.8 Å².